The van der Waals surface area contributed by atoms with Crippen molar-refractivity contribution >= 4 is 12.0 Å². The molecule has 3 N–H and O–H groups in total. The molecule has 0 aromatic carbocycles. The van der Waals surface area contributed by atoms with Crippen LogP contribution in [0.4, 0.5) is 10.8 Å². The summed E-state index contributed by atoms with van der Waals surface area (Å²) in [6, 6.07) is -0.624. The van der Waals surface area contributed by atoms with Gasteiger partial charge in [-0.25, -0.2) is 9.78 Å². The van der Waals surface area contributed by atoms with Crippen molar-refractivity contribution in [3.8, 4) is 0 Å². The Balaban J connectivity index is 2.34. The number of hydrogen-bond donors (Lipinski definition) is 3. The third kappa shape index (κ3) is 3.12. The number of aliphatic hydroxyl groups excluding tert-OH is 1. The molecule has 2 amide bonds. The number of oxazole rings is 1. The van der Waals surface area contributed by atoms with Crippen molar-refractivity contribution in [1.82, 2.24) is 10.3 Å². The van der Waals surface area contributed by atoms with Crippen molar-refractivity contribution in [1.29, 1.82) is 0 Å². The van der Waals surface area contributed by atoms with Crippen molar-refractivity contribution in [3.63, 3.8) is 0 Å². The molecule has 72 valence electrons. The van der Waals surface area contributed by atoms with Crippen LogP contribution in [0.15, 0.2) is 16.9 Å². The molecule has 0 aliphatic heterocycles. The predicted octanol–water partition coefficient (Wildman–Crippen LogP) is 0.177. The van der Waals surface area contributed by atoms with Crippen LogP contribution >= 0.6 is 0 Å². The quantitative estimate of drug-likeness (QED) is 0.626. The predicted molar refractivity (Wildman–Crippen MR) is 45.2 cm³/mol. The normalized spacial score (nSPS) is 12.2. The topological polar surface area (TPSA) is 87.4 Å². The number of anilines is 1. The van der Waals surface area contributed by atoms with Crippen LogP contribution in [0.5, 0.6) is 0 Å². The van der Waals surface area contributed by atoms with E-state index in [1.165, 1.54) is 12.5 Å². The van der Waals surface area contributed by atoms with Gasteiger partial charge in [0.2, 0.25) is 0 Å². The maximum absolute atomic E-state index is 11.0. The summed E-state index contributed by atoms with van der Waals surface area (Å²) in [6.07, 6.45) is 2.77. The minimum atomic E-state index is -0.455. The van der Waals surface area contributed by atoms with Gasteiger partial charge in [-0.1, -0.05) is 0 Å². The fourth-order valence-electron chi connectivity index (χ4n) is 0.688. The molecule has 13 heavy (non-hydrogen) atoms. The summed E-state index contributed by atoms with van der Waals surface area (Å²) in [5.74, 6) is 0. The van der Waals surface area contributed by atoms with E-state index in [1.807, 2.05) is 0 Å². The van der Waals surface area contributed by atoms with E-state index < -0.39 is 6.03 Å². The molecule has 6 nitrogen and oxygen atoms in total. The molecule has 1 atom stereocenters. The van der Waals surface area contributed by atoms with Gasteiger partial charge in [-0.2, -0.15) is 0 Å². The maximum Gasteiger partial charge on any atom is 0.323 e. The molecule has 0 radical (unpaired) electrons. The zero-order valence-corrected chi connectivity index (χ0v) is 7.15. The van der Waals surface area contributed by atoms with Gasteiger partial charge in [-0.3, -0.25) is 5.32 Å². The lowest BCUT2D eigenvalue weighted by Gasteiger charge is -2.09. The Morgan fingerprint density at radius 1 is 1.85 bits per heavy atom. The second-order valence-corrected chi connectivity index (χ2v) is 2.52. The molecule has 1 heterocycles. The number of carbonyl (C=O) groups excluding carboxylic acids is 1. The first-order valence-corrected chi connectivity index (χ1v) is 3.80. The molecular formula is C7H11N3O3. The van der Waals surface area contributed by atoms with Crippen LogP contribution in [-0.4, -0.2) is 28.8 Å². The molecule has 1 aromatic rings. The Kier molecular flexibility index (Phi) is 3.27. The van der Waals surface area contributed by atoms with Crippen LogP contribution in [0.25, 0.3) is 0 Å². The van der Waals surface area contributed by atoms with Gasteiger partial charge in [0, 0.05) is 0 Å². The van der Waals surface area contributed by atoms with Crippen LogP contribution in [0, 0.1) is 0 Å². The second kappa shape index (κ2) is 4.46. The standard InChI is InChI=1S/C7H11N3O3/c1-5(4-11)9-6(12)10-7-8-2-3-13-7/h2-3,5,11H,4H2,1H3,(H2,8,9,10,12)/t5-/m0/s1. The highest BCUT2D eigenvalue weighted by Gasteiger charge is 2.07. The molecule has 6 heteroatoms. The first-order valence-electron chi connectivity index (χ1n) is 3.80. The number of amides is 2. The first kappa shape index (κ1) is 9.53. The van der Waals surface area contributed by atoms with E-state index in [4.69, 9.17) is 9.52 Å². The van der Waals surface area contributed by atoms with E-state index in [2.05, 4.69) is 15.6 Å². The first-order chi connectivity index (χ1) is 6.22. The number of aliphatic hydroxyl groups is 1. The molecule has 1 rings (SSSR count). The number of rotatable bonds is 3. The maximum atomic E-state index is 11.0. The smallest absolute Gasteiger partial charge is 0.323 e. The van der Waals surface area contributed by atoms with Gasteiger partial charge in [0.05, 0.1) is 18.8 Å². The largest absolute Gasteiger partial charge is 0.432 e. The van der Waals surface area contributed by atoms with Gasteiger partial charge >= 0.3 is 12.0 Å². The Hall–Kier alpha value is -1.56. The van der Waals surface area contributed by atoms with E-state index in [9.17, 15) is 4.79 Å². The molecule has 0 spiro atoms. The fraction of sp³-hybridized carbons (Fsp3) is 0.429. The molecule has 0 aliphatic carbocycles. The molecule has 0 saturated carbocycles. The summed E-state index contributed by atoms with van der Waals surface area (Å²) in [4.78, 5) is 14.7. The summed E-state index contributed by atoms with van der Waals surface area (Å²) in [5.41, 5.74) is 0. The second-order valence-electron chi connectivity index (χ2n) is 2.52. The minimum absolute atomic E-state index is 0.112. The Labute approximate surface area is 75.0 Å². The number of carbonyl (C=O) groups is 1. The lowest BCUT2D eigenvalue weighted by molar-refractivity contribution is 0.229. The number of nitrogens with zero attached hydrogens (tertiary/aromatic N) is 1. The highest BCUT2D eigenvalue weighted by atomic mass is 16.4. The van der Waals surface area contributed by atoms with Crippen molar-refractivity contribution < 1.29 is 14.3 Å². The zero-order chi connectivity index (χ0) is 9.68. The van der Waals surface area contributed by atoms with Gasteiger partial charge in [0.1, 0.15) is 6.26 Å². The molecule has 1 aromatic heterocycles. The van der Waals surface area contributed by atoms with Crippen LogP contribution in [-0.2, 0) is 0 Å². The van der Waals surface area contributed by atoms with Gasteiger partial charge in [-0.15, -0.1) is 0 Å². The Morgan fingerprint density at radius 3 is 3.15 bits per heavy atom. The van der Waals surface area contributed by atoms with Crippen molar-refractivity contribution in [2.75, 3.05) is 11.9 Å². The molecule has 0 unspecified atom stereocenters. The minimum Gasteiger partial charge on any atom is -0.432 e. The van der Waals surface area contributed by atoms with Crippen LogP contribution < -0.4 is 10.6 Å². The number of nitrogens with one attached hydrogen (secondary N) is 2. The zero-order valence-electron chi connectivity index (χ0n) is 7.15. The van der Waals surface area contributed by atoms with E-state index in [1.54, 1.807) is 6.92 Å². The SMILES string of the molecule is C[C@@H](CO)NC(=O)Nc1ncco1. The van der Waals surface area contributed by atoms with E-state index in [0.29, 0.717) is 0 Å². The van der Waals surface area contributed by atoms with Crippen molar-refractivity contribution in [2.45, 2.75) is 13.0 Å². The summed E-state index contributed by atoms with van der Waals surface area (Å²) in [6.45, 7) is 1.56. The van der Waals surface area contributed by atoms with Gasteiger partial charge in [-0.05, 0) is 6.92 Å². The van der Waals surface area contributed by atoms with E-state index >= 15 is 0 Å². The van der Waals surface area contributed by atoms with E-state index in [0.717, 1.165) is 0 Å². The molecule has 0 fully saturated rings. The van der Waals surface area contributed by atoms with Crippen LogP contribution in [0.1, 0.15) is 6.92 Å². The summed E-state index contributed by atoms with van der Waals surface area (Å²) in [7, 11) is 0. The number of hydrogen-bond acceptors (Lipinski definition) is 4. The third-order valence-corrected chi connectivity index (χ3v) is 1.30. The fourth-order valence-corrected chi connectivity index (χ4v) is 0.688. The van der Waals surface area contributed by atoms with Gasteiger partial charge in [0.25, 0.3) is 0 Å². The van der Waals surface area contributed by atoms with Gasteiger partial charge in [0.15, 0.2) is 0 Å². The molecular weight excluding hydrogens is 174 g/mol. The van der Waals surface area contributed by atoms with Crippen molar-refractivity contribution in [2.24, 2.45) is 0 Å². The van der Waals surface area contributed by atoms with E-state index in [-0.39, 0.29) is 18.7 Å². The summed E-state index contributed by atoms with van der Waals surface area (Å²) in [5, 5.41) is 13.4. The molecule has 0 saturated heterocycles. The monoisotopic (exact) mass is 185 g/mol. The number of aromatic nitrogens is 1. The Morgan fingerprint density at radius 2 is 2.62 bits per heavy atom. The summed E-state index contributed by atoms with van der Waals surface area (Å²) >= 11 is 0. The molecule has 0 aliphatic rings. The van der Waals surface area contributed by atoms with Crippen LogP contribution in [0.2, 0.25) is 0 Å². The number of urea groups is 1. The molecule has 0 bridgehead atoms. The lowest BCUT2D eigenvalue weighted by atomic mass is 10.4. The average molecular weight is 185 g/mol. The summed E-state index contributed by atoms with van der Waals surface area (Å²) < 4.78 is 4.77. The Bertz CT molecular complexity index is 260. The lowest BCUT2D eigenvalue weighted by Crippen LogP contribution is -2.38. The third-order valence-electron chi connectivity index (χ3n) is 1.30. The highest BCUT2D eigenvalue weighted by Crippen LogP contribution is 1.99. The average Bonchev–Trinajstić information content (AvgIpc) is 2.56. The van der Waals surface area contributed by atoms with Gasteiger partial charge < -0.3 is 14.8 Å². The highest BCUT2D eigenvalue weighted by molar-refractivity contribution is 5.87. The van der Waals surface area contributed by atoms with Crippen LogP contribution in [0.3, 0.4) is 0 Å². The van der Waals surface area contributed by atoms with Crippen molar-refractivity contribution in [3.05, 3.63) is 12.5 Å².